The summed E-state index contributed by atoms with van der Waals surface area (Å²) in [6.07, 6.45) is 0.843. The molecular formula is C14H13Br2N. The van der Waals surface area contributed by atoms with E-state index in [0.29, 0.717) is 0 Å². The average Bonchev–Trinajstić information content (AvgIpc) is 2.29. The lowest BCUT2D eigenvalue weighted by Gasteiger charge is -2.12. The summed E-state index contributed by atoms with van der Waals surface area (Å²) >= 11 is 6.94. The largest absolute Gasteiger partial charge is 0.324 e. The molecule has 0 aromatic heterocycles. The minimum Gasteiger partial charge on any atom is -0.324 e. The zero-order valence-corrected chi connectivity index (χ0v) is 12.4. The van der Waals surface area contributed by atoms with Crippen molar-refractivity contribution in [3.63, 3.8) is 0 Å². The van der Waals surface area contributed by atoms with Crippen molar-refractivity contribution in [1.82, 2.24) is 0 Å². The Labute approximate surface area is 118 Å². The molecule has 0 heterocycles. The van der Waals surface area contributed by atoms with E-state index in [1.807, 2.05) is 24.3 Å². The molecule has 0 spiro atoms. The summed E-state index contributed by atoms with van der Waals surface area (Å²) in [5, 5.41) is 0. The minimum absolute atomic E-state index is 0.0294. The van der Waals surface area contributed by atoms with Crippen molar-refractivity contribution < 1.29 is 0 Å². The number of hydrogen-bond acceptors (Lipinski definition) is 1. The molecule has 1 atom stereocenters. The Kier molecular flexibility index (Phi) is 4.37. The van der Waals surface area contributed by atoms with Gasteiger partial charge in [0.1, 0.15) is 0 Å². The highest BCUT2D eigenvalue weighted by Gasteiger charge is 2.07. The molecule has 0 amide bonds. The molecule has 2 N–H and O–H groups in total. The fourth-order valence-electron chi connectivity index (χ4n) is 1.77. The van der Waals surface area contributed by atoms with Gasteiger partial charge < -0.3 is 5.73 Å². The molecule has 0 saturated heterocycles. The molecule has 17 heavy (non-hydrogen) atoms. The molecule has 1 unspecified atom stereocenters. The summed E-state index contributed by atoms with van der Waals surface area (Å²) in [7, 11) is 0. The zero-order chi connectivity index (χ0) is 12.3. The Morgan fingerprint density at radius 1 is 0.941 bits per heavy atom. The van der Waals surface area contributed by atoms with E-state index in [2.05, 4.69) is 56.1 Å². The van der Waals surface area contributed by atoms with E-state index >= 15 is 0 Å². The fourth-order valence-corrected chi connectivity index (χ4v) is 2.64. The van der Waals surface area contributed by atoms with Crippen molar-refractivity contribution >= 4 is 31.9 Å². The molecule has 0 aliphatic carbocycles. The number of hydrogen-bond donors (Lipinski definition) is 1. The predicted octanol–water partition coefficient (Wildman–Crippen LogP) is 4.45. The van der Waals surface area contributed by atoms with Gasteiger partial charge in [0.25, 0.3) is 0 Å². The second kappa shape index (κ2) is 5.80. The Morgan fingerprint density at radius 3 is 2.24 bits per heavy atom. The van der Waals surface area contributed by atoms with Gasteiger partial charge in [-0.05, 0) is 41.8 Å². The van der Waals surface area contributed by atoms with E-state index in [1.54, 1.807) is 0 Å². The number of benzene rings is 2. The van der Waals surface area contributed by atoms with Crippen molar-refractivity contribution in [3.8, 4) is 0 Å². The second-order valence-corrected chi connectivity index (χ2v) is 5.83. The van der Waals surface area contributed by atoms with Gasteiger partial charge in [0.15, 0.2) is 0 Å². The number of halogens is 2. The van der Waals surface area contributed by atoms with Crippen LogP contribution in [0.15, 0.2) is 57.5 Å². The molecule has 0 aliphatic rings. The van der Waals surface area contributed by atoms with Crippen LogP contribution in [0.4, 0.5) is 0 Å². The van der Waals surface area contributed by atoms with Crippen molar-refractivity contribution in [2.45, 2.75) is 12.5 Å². The average molecular weight is 355 g/mol. The van der Waals surface area contributed by atoms with Gasteiger partial charge in [-0.15, -0.1) is 0 Å². The molecule has 2 rings (SSSR count). The van der Waals surface area contributed by atoms with Crippen LogP contribution in [0, 0.1) is 0 Å². The fraction of sp³-hybridized carbons (Fsp3) is 0.143. The van der Waals surface area contributed by atoms with E-state index < -0.39 is 0 Å². The Hall–Kier alpha value is -0.640. The van der Waals surface area contributed by atoms with Crippen molar-refractivity contribution in [2.24, 2.45) is 5.73 Å². The van der Waals surface area contributed by atoms with Crippen LogP contribution < -0.4 is 5.73 Å². The predicted molar refractivity (Wildman–Crippen MR) is 78.9 cm³/mol. The van der Waals surface area contributed by atoms with Gasteiger partial charge in [-0.1, -0.05) is 56.1 Å². The lowest BCUT2D eigenvalue weighted by molar-refractivity contribution is 0.721. The molecule has 3 heteroatoms. The number of nitrogens with two attached hydrogens (primary N) is 1. The molecule has 0 saturated carbocycles. The highest BCUT2D eigenvalue weighted by Crippen LogP contribution is 2.21. The third kappa shape index (κ3) is 3.66. The zero-order valence-electron chi connectivity index (χ0n) is 9.24. The van der Waals surface area contributed by atoms with Gasteiger partial charge in [0.2, 0.25) is 0 Å². The molecule has 2 aromatic carbocycles. The van der Waals surface area contributed by atoms with Crippen molar-refractivity contribution in [2.75, 3.05) is 0 Å². The van der Waals surface area contributed by atoms with Gasteiger partial charge in [-0.2, -0.15) is 0 Å². The van der Waals surface area contributed by atoms with Crippen LogP contribution in [0.2, 0.25) is 0 Å². The van der Waals surface area contributed by atoms with Crippen LogP contribution in [-0.2, 0) is 6.42 Å². The van der Waals surface area contributed by atoms with Gasteiger partial charge in [-0.3, -0.25) is 0 Å². The van der Waals surface area contributed by atoms with Gasteiger partial charge in [0, 0.05) is 15.0 Å². The summed E-state index contributed by atoms with van der Waals surface area (Å²) in [4.78, 5) is 0. The molecule has 0 bridgehead atoms. The summed E-state index contributed by atoms with van der Waals surface area (Å²) in [6.45, 7) is 0. The van der Waals surface area contributed by atoms with E-state index in [0.717, 1.165) is 20.9 Å². The monoisotopic (exact) mass is 353 g/mol. The van der Waals surface area contributed by atoms with Gasteiger partial charge in [0.05, 0.1) is 0 Å². The second-order valence-electron chi connectivity index (χ2n) is 4.00. The van der Waals surface area contributed by atoms with Gasteiger partial charge >= 0.3 is 0 Å². The highest BCUT2D eigenvalue weighted by molar-refractivity contribution is 9.10. The topological polar surface area (TPSA) is 26.0 Å². The lowest BCUT2D eigenvalue weighted by atomic mass is 10.00. The molecule has 0 aliphatic heterocycles. The van der Waals surface area contributed by atoms with E-state index in [1.165, 1.54) is 5.56 Å². The third-order valence-corrected chi connectivity index (χ3v) is 3.61. The summed E-state index contributed by atoms with van der Waals surface area (Å²) in [5.41, 5.74) is 8.60. The van der Waals surface area contributed by atoms with Crippen LogP contribution >= 0.6 is 31.9 Å². The van der Waals surface area contributed by atoms with E-state index in [9.17, 15) is 0 Å². The number of rotatable bonds is 3. The van der Waals surface area contributed by atoms with E-state index in [-0.39, 0.29) is 6.04 Å². The van der Waals surface area contributed by atoms with Crippen LogP contribution in [0.1, 0.15) is 17.2 Å². The van der Waals surface area contributed by atoms with Crippen LogP contribution in [0.3, 0.4) is 0 Å². The normalized spacial score (nSPS) is 12.4. The molecule has 0 radical (unpaired) electrons. The maximum absolute atomic E-state index is 6.21. The van der Waals surface area contributed by atoms with Gasteiger partial charge in [-0.25, -0.2) is 0 Å². The standard InChI is InChI=1S/C14H13Br2N/c15-12-5-1-3-10(7-12)8-14(17)11-4-2-6-13(16)9-11/h1-7,9,14H,8,17H2. The van der Waals surface area contributed by atoms with Crippen LogP contribution in [0.5, 0.6) is 0 Å². The highest BCUT2D eigenvalue weighted by atomic mass is 79.9. The summed E-state index contributed by atoms with van der Waals surface area (Å²) in [5.74, 6) is 0. The quantitative estimate of drug-likeness (QED) is 0.865. The summed E-state index contributed by atoms with van der Waals surface area (Å²) in [6, 6.07) is 16.5. The summed E-state index contributed by atoms with van der Waals surface area (Å²) < 4.78 is 2.16. The van der Waals surface area contributed by atoms with Crippen molar-refractivity contribution in [3.05, 3.63) is 68.6 Å². The van der Waals surface area contributed by atoms with E-state index in [4.69, 9.17) is 5.73 Å². The Morgan fingerprint density at radius 2 is 1.59 bits per heavy atom. The Bertz CT molecular complexity index is 511. The first-order chi connectivity index (χ1) is 8.15. The van der Waals surface area contributed by atoms with Crippen LogP contribution in [0.25, 0.3) is 0 Å². The maximum atomic E-state index is 6.21. The SMILES string of the molecule is NC(Cc1cccc(Br)c1)c1cccc(Br)c1. The van der Waals surface area contributed by atoms with Crippen molar-refractivity contribution in [1.29, 1.82) is 0 Å². The maximum Gasteiger partial charge on any atom is 0.0336 e. The molecular weight excluding hydrogens is 342 g/mol. The molecule has 1 nitrogen and oxygen atoms in total. The molecule has 88 valence electrons. The first kappa shape index (κ1) is 12.8. The molecule has 2 aromatic rings. The lowest BCUT2D eigenvalue weighted by Crippen LogP contribution is -2.13. The first-order valence-corrected chi connectivity index (χ1v) is 6.99. The Balaban J connectivity index is 2.14. The smallest absolute Gasteiger partial charge is 0.0336 e. The minimum atomic E-state index is 0.0294. The van der Waals surface area contributed by atoms with Crippen LogP contribution in [-0.4, -0.2) is 0 Å². The third-order valence-electron chi connectivity index (χ3n) is 2.62. The first-order valence-electron chi connectivity index (χ1n) is 5.40. The molecule has 0 fully saturated rings.